The molecule has 0 fully saturated rings. The van der Waals surface area contributed by atoms with Gasteiger partial charge < -0.3 is 4.98 Å². The van der Waals surface area contributed by atoms with Crippen molar-refractivity contribution in [2.24, 2.45) is 0 Å². The molecule has 0 radical (unpaired) electrons. The average Bonchev–Trinajstić information content (AvgIpc) is 2.86. The van der Waals surface area contributed by atoms with E-state index in [1.165, 1.54) is 22.6 Å². The first-order valence-corrected chi connectivity index (χ1v) is 6.56. The van der Waals surface area contributed by atoms with Crippen LogP contribution in [0.3, 0.4) is 0 Å². The van der Waals surface area contributed by atoms with Crippen molar-refractivity contribution < 1.29 is 0 Å². The number of aromatic amines is 1. The third-order valence-electron chi connectivity index (χ3n) is 2.94. The average molecular weight is 241 g/mol. The Labute approximate surface area is 104 Å². The van der Waals surface area contributed by atoms with Crippen LogP contribution in [0.5, 0.6) is 0 Å². The molecule has 4 heteroatoms. The molecule has 0 spiro atoms. The number of hydrogen-bond acceptors (Lipinski definition) is 3. The van der Waals surface area contributed by atoms with Crippen molar-refractivity contribution in [3.8, 4) is 17.3 Å². The molecule has 1 aromatic heterocycles. The Bertz CT molecular complexity index is 595. The summed E-state index contributed by atoms with van der Waals surface area (Å²) >= 11 is 1.91. The predicted molar refractivity (Wildman–Crippen MR) is 67.8 cm³/mol. The Morgan fingerprint density at radius 2 is 2.35 bits per heavy atom. The van der Waals surface area contributed by atoms with Gasteiger partial charge in [0.15, 0.2) is 5.69 Å². The third-order valence-corrected chi connectivity index (χ3v) is 4.14. The first-order valence-electron chi connectivity index (χ1n) is 5.58. The molecule has 3 nitrogen and oxygen atoms in total. The SMILES string of the molecule is N#Cc1nc[nH]c1-c1ccc2c(c1)CCCS2. The Hall–Kier alpha value is -1.73. The van der Waals surface area contributed by atoms with Crippen LogP contribution >= 0.6 is 11.8 Å². The molecular formula is C13H11N3S. The molecule has 1 aliphatic heterocycles. The van der Waals surface area contributed by atoms with Crippen LogP contribution in [-0.2, 0) is 6.42 Å². The highest BCUT2D eigenvalue weighted by Crippen LogP contribution is 2.33. The molecule has 3 rings (SSSR count). The molecule has 0 atom stereocenters. The quantitative estimate of drug-likeness (QED) is 0.835. The standard InChI is InChI=1S/C13H11N3S/c14-7-11-13(16-8-15-11)10-3-4-12-9(6-10)2-1-5-17-12/h3-4,6,8H,1-2,5H2,(H,15,16). The maximum atomic E-state index is 8.97. The van der Waals surface area contributed by atoms with Gasteiger partial charge in [0, 0.05) is 10.5 Å². The molecule has 2 aromatic rings. The third kappa shape index (κ3) is 1.83. The number of benzene rings is 1. The number of imidazole rings is 1. The second-order valence-corrected chi connectivity index (χ2v) is 5.15. The second-order valence-electron chi connectivity index (χ2n) is 4.01. The number of nitrogens with zero attached hydrogens (tertiary/aromatic N) is 2. The topological polar surface area (TPSA) is 52.5 Å². The molecule has 2 heterocycles. The van der Waals surface area contributed by atoms with Crippen LogP contribution in [0.1, 0.15) is 17.7 Å². The minimum absolute atomic E-state index is 0.466. The fourth-order valence-corrected chi connectivity index (χ4v) is 3.13. The van der Waals surface area contributed by atoms with Crippen molar-refractivity contribution in [2.75, 3.05) is 5.75 Å². The van der Waals surface area contributed by atoms with Gasteiger partial charge in [-0.05, 0) is 36.3 Å². The molecule has 0 unspecified atom stereocenters. The molecule has 0 saturated heterocycles. The van der Waals surface area contributed by atoms with Gasteiger partial charge in [-0.15, -0.1) is 11.8 Å². The summed E-state index contributed by atoms with van der Waals surface area (Å²) in [4.78, 5) is 8.41. The summed E-state index contributed by atoms with van der Waals surface area (Å²) in [7, 11) is 0. The van der Waals surface area contributed by atoms with Crippen LogP contribution in [0.25, 0.3) is 11.3 Å². The predicted octanol–water partition coefficient (Wildman–Crippen LogP) is 2.99. The molecule has 0 bridgehead atoms. The van der Waals surface area contributed by atoms with Gasteiger partial charge in [-0.1, -0.05) is 6.07 Å². The van der Waals surface area contributed by atoms with Gasteiger partial charge in [-0.25, -0.2) is 4.98 Å². The lowest BCUT2D eigenvalue weighted by atomic mass is 10.0. The van der Waals surface area contributed by atoms with E-state index in [-0.39, 0.29) is 0 Å². The summed E-state index contributed by atoms with van der Waals surface area (Å²) in [5.74, 6) is 1.21. The number of nitrogens with one attached hydrogen (secondary N) is 1. The van der Waals surface area contributed by atoms with Crippen LogP contribution < -0.4 is 0 Å². The number of rotatable bonds is 1. The van der Waals surface area contributed by atoms with E-state index in [1.54, 1.807) is 6.33 Å². The van der Waals surface area contributed by atoms with Gasteiger partial charge in [-0.3, -0.25) is 0 Å². The Kier molecular flexibility index (Phi) is 2.62. The highest BCUT2D eigenvalue weighted by atomic mass is 32.2. The summed E-state index contributed by atoms with van der Waals surface area (Å²) in [6.07, 6.45) is 3.93. The Morgan fingerprint density at radius 3 is 3.24 bits per heavy atom. The van der Waals surface area contributed by atoms with E-state index in [1.807, 2.05) is 11.8 Å². The van der Waals surface area contributed by atoms with E-state index in [0.29, 0.717) is 5.69 Å². The number of thioether (sulfide) groups is 1. The van der Waals surface area contributed by atoms with Crippen molar-refractivity contribution in [2.45, 2.75) is 17.7 Å². The zero-order valence-electron chi connectivity index (χ0n) is 9.23. The van der Waals surface area contributed by atoms with Crippen molar-refractivity contribution in [3.63, 3.8) is 0 Å². The molecule has 0 aliphatic carbocycles. The van der Waals surface area contributed by atoms with E-state index in [9.17, 15) is 0 Å². The summed E-state index contributed by atoms with van der Waals surface area (Å²) in [5, 5.41) is 8.97. The van der Waals surface area contributed by atoms with Crippen molar-refractivity contribution in [1.82, 2.24) is 9.97 Å². The maximum Gasteiger partial charge on any atom is 0.166 e. The molecule has 1 N–H and O–H groups in total. The number of hydrogen-bond donors (Lipinski definition) is 1. The van der Waals surface area contributed by atoms with Crippen LogP contribution in [0, 0.1) is 11.3 Å². The van der Waals surface area contributed by atoms with Crippen LogP contribution in [-0.4, -0.2) is 15.7 Å². The largest absolute Gasteiger partial charge is 0.343 e. The number of aromatic nitrogens is 2. The highest BCUT2D eigenvalue weighted by Gasteiger charge is 2.13. The molecule has 0 amide bonds. The Morgan fingerprint density at radius 1 is 1.41 bits per heavy atom. The monoisotopic (exact) mass is 241 g/mol. The minimum Gasteiger partial charge on any atom is -0.343 e. The van der Waals surface area contributed by atoms with E-state index in [4.69, 9.17) is 5.26 Å². The number of H-pyrrole nitrogens is 1. The lowest BCUT2D eigenvalue weighted by molar-refractivity contribution is 0.890. The summed E-state index contributed by atoms with van der Waals surface area (Å²) < 4.78 is 0. The smallest absolute Gasteiger partial charge is 0.166 e. The zero-order valence-corrected chi connectivity index (χ0v) is 10.0. The van der Waals surface area contributed by atoms with Crippen LogP contribution in [0.2, 0.25) is 0 Å². The number of aryl methyl sites for hydroxylation is 1. The maximum absolute atomic E-state index is 8.97. The van der Waals surface area contributed by atoms with Crippen LogP contribution in [0.15, 0.2) is 29.4 Å². The molecule has 84 valence electrons. The number of nitriles is 1. The number of fused-ring (bicyclic) bond motifs is 1. The summed E-state index contributed by atoms with van der Waals surface area (Å²) in [6.45, 7) is 0. The lowest BCUT2D eigenvalue weighted by Crippen LogP contribution is -1.98. The summed E-state index contributed by atoms with van der Waals surface area (Å²) in [6, 6.07) is 8.49. The van der Waals surface area contributed by atoms with Gasteiger partial charge in [0.25, 0.3) is 0 Å². The van der Waals surface area contributed by atoms with Crippen molar-refractivity contribution >= 4 is 11.8 Å². The van der Waals surface area contributed by atoms with Gasteiger partial charge in [0.2, 0.25) is 0 Å². The normalized spacial score (nSPS) is 14.1. The minimum atomic E-state index is 0.466. The van der Waals surface area contributed by atoms with E-state index < -0.39 is 0 Å². The van der Waals surface area contributed by atoms with Gasteiger partial charge >= 0.3 is 0 Å². The van der Waals surface area contributed by atoms with Gasteiger partial charge in [0.1, 0.15) is 6.07 Å². The van der Waals surface area contributed by atoms with Crippen molar-refractivity contribution in [1.29, 1.82) is 5.26 Å². The first kappa shape index (κ1) is 10.4. The molecule has 1 aliphatic rings. The van der Waals surface area contributed by atoms with Crippen LogP contribution in [0.4, 0.5) is 0 Å². The zero-order chi connectivity index (χ0) is 11.7. The van der Waals surface area contributed by atoms with E-state index in [0.717, 1.165) is 17.7 Å². The fraction of sp³-hybridized carbons (Fsp3) is 0.231. The summed E-state index contributed by atoms with van der Waals surface area (Å²) in [5.41, 5.74) is 3.73. The van der Waals surface area contributed by atoms with E-state index >= 15 is 0 Å². The first-order chi connectivity index (χ1) is 8.38. The molecule has 17 heavy (non-hydrogen) atoms. The van der Waals surface area contributed by atoms with Crippen molar-refractivity contribution in [3.05, 3.63) is 35.8 Å². The Balaban J connectivity index is 2.08. The van der Waals surface area contributed by atoms with Gasteiger partial charge in [-0.2, -0.15) is 5.26 Å². The van der Waals surface area contributed by atoms with Gasteiger partial charge in [0.05, 0.1) is 12.0 Å². The lowest BCUT2D eigenvalue weighted by Gasteiger charge is -2.15. The molecule has 1 aromatic carbocycles. The second kappa shape index (κ2) is 4.27. The molecule has 0 saturated carbocycles. The highest BCUT2D eigenvalue weighted by molar-refractivity contribution is 7.99. The molecular weight excluding hydrogens is 230 g/mol. The fourth-order valence-electron chi connectivity index (χ4n) is 2.11. The van der Waals surface area contributed by atoms with E-state index in [2.05, 4.69) is 34.2 Å².